The van der Waals surface area contributed by atoms with Gasteiger partial charge in [0.15, 0.2) is 0 Å². The average Bonchev–Trinajstić information content (AvgIpc) is 2.59. The molecule has 0 amide bonds. The topological polar surface area (TPSA) is 63.5 Å². The van der Waals surface area contributed by atoms with Crippen LogP contribution in [0.1, 0.15) is 104 Å². The lowest BCUT2D eigenvalue weighted by Gasteiger charge is -2.45. The Morgan fingerprint density at radius 1 is 0.640 bits per heavy atom. The fourth-order valence-corrected chi connectivity index (χ4v) is 3.35. The maximum absolute atomic E-state index is 12.9. The molecule has 2 N–H and O–H groups in total. The monoisotopic (exact) mass is 359 g/mol. The number of hydroxylamine groups is 3. The van der Waals surface area contributed by atoms with Crippen molar-refractivity contribution in [2.24, 2.45) is 0 Å². The summed E-state index contributed by atoms with van der Waals surface area (Å²) in [6.07, 6.45) is 14.0. The van der Waals surface area contributed by atoms with Crippen molar-refractivity contribution in [2.75, 3.05) is 19.6 Å². The summed E-state index contributed by atoms with van der Waals surface area (Å²) in [7, 11) is 0. The van der Waals surface area contributed by atoms with E-state index in [2.05, 4.69) is 6.92 Å². The van der Waals surface area contributed by atoms with Gasteiger partial charge < -0.3 is 20.1 Å². The number of hydrogen-bond donors (Lipinski definition) is 2. The Hall–Kier alpha value is -0.160. The molecule has 2 atom stereocenters. The summed E-state index contributed by atoms with van der Waals surface area (Å²) in [5.74, 6) is 0. The predicted molar refractivity (Wildman–Crippen MR) is 107 cm³/mol. The lowest BCUT2D eigenvalue weighted by Crippen LogP contribution is -2.51. The number of aliphatic hydroxyl groups excluding tert-OH is 2. The van der Waals surface area contributed by atoms with Gasteiger partial charge in [0, 0.05) is 0 Å². The minimum atomic E-state index is -0.561. The third kappa shape index (κ3) is 14.7. The van der Waals surface area contributed by atoms with Gasteiger partial charge in [-0.1, -0.05) is 78.6 Å². The van der Waals surface area contributed by atoms with E-state index in [0.717, 1.165) is 12.8 Å². The van der Waals surface area contributed by atoms with Crippen molar-refractivity contribution >= 4 is 0 Å². The van der Waals surface area contributed by atoms with Crippen LogP contribution >= 0.6 is 0 Å². The van der Waals surface area contributed by atoms with Crippen molar-refractivity contribution in [1.29, 1.82) is 0 Å². The van der Waals surface area contributed by atoms with Crippen molar-refractivity contribution in [3.05, 3.63) is 5.21 Å². The van der Waals surface area contributed by atoms with Crippen molar-refractivity contribution in [1.82, 2.24) is 0 Å². The molecular formula is C21H45NO3. The molecule has 152 valence electrons. The molecule has 0 spiro atoms. The van der Waals surface area contributed by atoms with E-state index in [1.165, 1.54) is 57.8 Å². The SMILES string of the molecule is CCCCCCCCCCCCC[N+]([O-])(CC(O)CC)CC(O)CC. The zero-order valence-corrected chi connectivity index (χ0v) is 17.2. The average molecular weight is 360 g/mol. The molecule has 0 aliphatic rings. The summed E-state index contributed by atoms with van der Waals surface area (Å²) < 4.78 is -0.443. The lowest BCUT2D eigenvalue weighted by molar-refractivity contribution is -0.887. The highest BCUT2D eigenvalue weighted by molar-refractivity contribution is 4.59. The van der Waals surface area contributed by atoms with Crippen LogP contribution in [0.3, 0.4) is 0 Å². The zero-order chi connectivity index (χ0) is 19.0. The Balaban J connectivity index is 3.83. The number of aliphatic hydroxyl groups is 2. The quantitative estimate of drug-likeness (QED) is 0.202. The predicted octanol–water partition coefficient (Wildman–Crippen LogP) is 5.15. The van der Waals surface area contributed by atoms with Gasteiger partial charge in [0.1, 0.15) is 25.3 Å². The summed E-state index contributed by atoms with van der Waals surface area (Å²) >= 11 is 0. The van der Waals surface area contributed by atoms with Gasteiger partial charge in [-0.25, -0.2) is 0 Å². The van der Waals surface area contributed by atoms with Crippen LogP contribution in [0.25, 0.3) is 0 Å². The van der Waals surface area contributed by atoms with Gasteiger partial charge in [-0.3, -0.25) is 0 Å². The van der Waals surface area contributed by atoms with Crippen molar-refractivity contribution in [3.8, 4) is 0 Å². The molecule has 0 aromatic rings. The highest BCUT2D eigenvalue weighted by Gasteiger charge is 2.23. The summed E-state index contributed by atoms with van der Waals surface area (Å²) in [5, 5.41) is 32.6. The third-order valence-corrected chi connectivity index (χ3v) is 5.20. The summed E-state index contributed by atoms with van der Waals surface area (Å²) in [4.78, 5) is 0. The first kappa shape index (κ1) is 24.8. The van der Waals surface area contributed by atoms with Gasteiger partial charge in [-0.15, -0.1) is 0 Å². The van der Waals surface area contributed by atoms with Crippen LogP contribution in [-0.2, 0) is 0 Å². The smallest absolute Gasteiger partial charge is 0.105 e. The minimum absolute atomic E-state index is 0.214. The van der Waals surface area contributed by atoms with E-state index in [9.17, 15) is 15.4 Å². The number of nitrogens with zero attached hydrogens (tertiary/aromatic N) is 1. The van der Waals surface area contributed by atoms with E-state index in [1.54, 1.807) is 0 Å². The van der Waals surface area contributed by atoms with Crippen molar-refractivity contribution in [2.45, 2.75) is 116 Å². The molecule has 0 radical (unpaired) electrons. The number of hydrogen-bond acceptors (Lipinski definition) is 3. The van der Waals surface area contributed by atoms with Gasteiger partial charge in [0.05, 0.1) is 6.54 Å². The van der Waals surface area contributed by atoms with Crippen LogP contribution in [-0.4, -0.2) is 46.7 Å². The summed E-state index contributed by atoms with van der Waals surface area (Å²) in [6, 6.07) is 0. The molecule has 0 saturated carbocycles. The largest absolute Gasteiger partial charge is 0.633 e. The number of unbranched alkanes of at least 4 members (excludes halogenated alkanes) is 10. The van der Waals surface area contributed by atoms with Gasteiger partial charge >= 0.3 is 0 Å². The van der Waals surface area contributed by atoms with E-state index in [4.69, 9.17) is 0 Å². The summed E-state index contributed by atoms with van der Waals surface area (Å²) in [5.41, 5.74) is 0. The second kappa shape index (κ2) is 16.0. The normalized spacial score (nSPS) is 16.6. The Labute approximate surface area is 156 Å². The Kier molecular flexibility index (Phi) is 15.9. The van der Waals surface area contributed by atoms with Crippen LogP contribution in [0.4, 0.5) is 0 Å². The van der Waals surface area contributed by atoms with Crippen LogP contribution < -0.4 is 0 Å². The molecule has 25 heavy (non-hydrogen) atoms. The van der Waals surface area contributed by atoms with E-state index >= 15 is 0 Å². The zero-order valence-electron chi connectivity index (χ0n) is 17.2. The van der Waals surface area contributed by atoms with Crippen LogP contribution in [0, 0.1) is 5.21 Å². The van der Waals surface area contributed by atoms with E-state index in [-0.39, 0.29) is 13.1 Å². The number of rotatable bonds is 18. The molecule has 0 bridgehead atoms. The van der Waals surface area contributed by atoms with Crippen LogP contribution in [0.2, 0.25) is 0 Å². The van der Waals surface area contributed by atoms with E-state index < -0.39 is 16.9 Å². The second-order valence-corrected chi connectivity index (χ2v) is 7.81. The molecule has 0 saturated heterocycles. The minimum Gasteiger partial charge on any atom is -0.633 e. The highest BCUT2D eigenvalue weighted by Crippen LogP contribution is 2.16. The van der Waals surface area contributed by atoms with Crippen LogP contribution in [0.15, 0.2) is 0 Å². The Bertz CT molecular complexity index is 274. The Morgan fingerprint density at radius 3 is 1.36 bits per heavy atom. The third-order valence-electron chi connectivity index (χ3n) is 5.20. The van der Waals surface area contributed by atoms with Gasteiger partial charge in [0.25, 0.3) is 0 Å². The highest BCUT2D eigenvalue weighted by atomic mass is 16.5. The first-order chi connectivity index (χ1) is 12.0. The first-order valence-electron chi connectivity index (χ1n) is 10.9. The van der Waals surface area contributed by atoms with E-state index in [0.29, 0.717) is 19.4 Å². The molecule has 2 unspecified atom stereocenters. The van der Waals surface area contributed by atoms with Crippen molar-refractivity contribution in [3.63, 3.8) is 0 Å². The lowest BCUT2D eigenvalue weighted by atomic mass is 10.1. The first-order valence-corrected chi connectivity index (χ1v) is 10.9. The summed E-state index contributed by atoms with van der Waals surface area (Å²) in [6.45, 7) is 6.99. The Morgan fingerprint density at radius 2 is 1.00 bits per heavy atom. The molecule has 0 heterocycles. The fourth-order valence-electron chi connectivity index (χ4n) is 3.35. The maximum Gasteiger partial charge on any atom is 0.105 e. The van der Waals surface area contributed by atoms with Crippen molar-refractivity contribution < 1.29 is 14.9 Å². The fraction of sp³-hybridized carbons (Fsp3) is 1.00. The standard InChI is InChI=1S/C21H45NO3/c1-4-7-8-9-10-11-12-13-14-15-16-17-22(25,18-20(23)5-2)19-21(24)6-3/h20-21,23-24H,4-19H2,1-3H3. The molecule has 0 aromatic heterocycles. The van der Waals surface area contributed by atoms with Gasteiger partial charge in [0.2, 0.25) is 0 Å². The molecule has 0 aliphatic carbocycles. The molecule has 4 nitrogen and oxygen atoms in total. The number of quaternary nitrogens is 1. The molecule has 0 aliphatic heterocycles. The second-order valence-electron chi connectivity index (χ2n) is 7.81. The molecule has 0 fully saturated rings. The molecule has 0 rings (SSSR count). The van der Waals surface area contributed by atoms with Gasteiger partial charge in [-0.2, -0.15) is 0 Å². The molecule has 4 heteroatoms. The van der Waals surface area contributed by atoms with E-state index in [1.807, 2.05) is 13.8 Å². The maximum atomic E-state index is 12.9. The van der Waals surface area contributed by atoms with Gasteiger partial charge in [-0.05, 0) is 25.7 Å². The molecular weight excluding hydrogens is 314 g/mol. The van der Waals surface area contributed by atoms with Crippen LogP contribution in [0.5, 0.6) is 0 Å². The molecule has 0 aromatic carbocycles.